The minimum Gasteiger partial charge on any atom is -0.481 e. The Morgan fingerprint density at radius 2 is 1.84 bits per heavy atom. The first-order valence-electron chi connectivity index (χ1n) is 6.11. The van der Waals surface area contributed by atoms with Gasteiger partial charge in [-0.25, -0.2) is 13.1 Å². The maximum Gasteiger partial charge on any atom is 0.307 e. The van der Waals surface area contributed by atoms with Gasteiger partial charge in [-0.05, 0) is 5.41 Å². The van der Waals surface area contributed by atoms with Gasteiger partial charge in [-0.2, -0.15) is 0 Å². The van der Waals surface area contributed by atoms with Gasteiger partial charge < -0.3 is 10.4 Å². The number of carboxylic acids is 1. The summed E-state index contributed by atoms with van der Waals surface area (Å²) in [5.74, 6) is -2.89. The number of carbonyl (C=O) groups excluding carboxylic acids is 1. The highest BCUT2D eigenvalue weighted by molar-refractivity contribution is 7.89. The van der Waals surface area contributed by atoms with Crippen LogP contribution in [0.3, 0.4) is 0 Å². The second kappa shape index (κ2) is 5.46. The second-order valence-electron chi connectivity index (χ2n) is 5.22. The van der Waals surface area contributed by atoms with Crippen molar-refractivity contribution in [3.05, 3.63) is 0 Å². The zero-order chi connectivity index (χ0) is 14.8. The van der Waals surface area contributed by atoms with Crippen LogP contribution in [-0.4, -0.2) is 44.2 Å². The molecule has 1 saturated carbocycles. The lowest BCUT2D eigenvalue weighted by atomic mass is 10.1. The maximum atomic E-state index is 11.8. The molecule has 0 aromatic heterocycles. The quantitative estimate of drug-likeness (QED) is 0.580. The van der Waals surface area contributed by atoms with E-state index in [0.717, 1.165) is 0 Å². The van der Waals surface area contributed by atoms with Gasteiger partial charge in [0.2, 0.25) is 15.9 Å². The second-order valence-corrected chi connectivity index (χ2v) is 7.15. The molecule has 1 aliphatic rings. The molecule has 1 amide bonds. The highest BCUT2D eigenvalue weighted by atomic mass is 32.2. The van der Waals surface area contributed by atoms with Crippen LogP contribution in [0.2, 0.25) is 0 Å². The Hall–Kier alpha value is -1.15. The van der Waals surface area contributed by atoms with Crippen LogP contribution in [0.25, 0.3) is 0 Å². The van der Waals surface area contributed by atoms with Crippen LogP contribution in [-0.2, 0) is 19.6 Å². The van der Waals surface area contributed by atoms with Crippen LogP contribution in [0, 0.1) is 17.3 Å². The van der Waals surface area contributed by atoms with Crippen molar-refractivity contribution >= 4 is 21.9 Å². The number of hydrogen-bond acceptors (Lipinski definition) is 4. The Bertz CT molecular complexity index is 471. The van der Waals surface area contributed by atoms with Gasteiger partial charge in [0.25, 0.3) is 0 Å². The first-order chi connectivity index (χ1) is 8.63. The van der Waals surface area contributed by atoms with E-state index < -0.39 is 39.2 Å². The average molecular weight is 292 g/mol. The number of sulfonamides is 1. The van der Waals surface area contributed by atoms with E-state index in [9.17, 15) is 18.0 Å². The first-order valence-corrected chi connectivity index (χ1v) is 7.76. The molecule has 0 aliphatic heterocycles. The molecule has 8 heteroatoms. The topological polar surface area (TPSA) is 113 Å². The third-order valence-electron chi connectivity index (χ3n) is 3.41. The summed E-state index contributed by atoms with van der Waals surface area (Å²) in [5.41, 5.74) is -0.573. The van der Waals surface area contributed by atoms with E-state index in [1.54, 1.807) is 20.8 Å². The Morgan fingerprint density at radius 1 is 1.26 bits per heavy atom. The molecule has 1 aliphatic carbocycles. The summed E-state index contributed by atoms with van der Waals surface area (Å²) >= 11 is 0. The van der Waals surface area contributed by atoms with Crippen molar-refractivity contribution < 1.29 is 23.1 Å². The summed E-state index contributed by atoms with van der Waals surface area (Å²) < 4.78 is 25.0. The van der Waals surface area contributed by atoms with Gasteiger partial charge in [0.05, 0.1) is 17.6 Å². The number of amides is 1. The molecule has 1 rings (SSSR count). The van der Waals surface area contributed by atoms with Crippen LogP contribution in [0.15, 0.2) is 0 Å². The van der Waals surface area contributed by atoms with E-state index in [2.05, 4.69) is 10.0 Å². The van der Waals surface area contributed by atoms with Crippen molar-refractivity contribution in [3.8, 4) is 0 Å². The van der Waals surface area contributed by atoms with Crippen molar-refractivity contribution in [1.82, 2.24) is 10.0 Å². The third kappa shape index (κ3) is 3.66. The first kappa shape index (κ1) is 15.9. The molecule has 1 fully saturated rings. The summed E-state index contributed by atoms with van der Waals surface area (Å²) in [6.07, 6.45) is 0. The summed E-state index contributed by atoms with van der Waals surface area (Å²) in [4.78, 5) is 22.7. The highest BCUT2D eigenvalue weighted by Crippen LogP contribution is 2.58. The highest BCUT2D eigenvalue weighted by Gasteiger charge is 2.65. The minimum atomic E-state index is -3.37. The number of hydrogen-bond donors (Lipinski definition) is 3. The standard InChI is InChI=1S/C11H20N2O5S/c1-4-13-19(17,18)6-5-12-9(14)7-8(10(15)16)11(7,2)3/h7-8,13H,4-6H2,1-3H3,(H,12,14)(H,15,16). The number of aliphatic carboxylic acids is 1. The molecule has 2 unspecified atom stereocenters. The monoisotopic (exact) mass is 292 g/mol. The summed E-state index contributed by atoms with van der Waals surface area (Å²) in [6.45, 7) is 5.37. The number of nitrogens with one attached hydrogen (secondary N) is 2. The van der Waals surface area contributed by atoms with Gasteiger partial charge in [0.15, 0.2) is 0 Å². The molecule has 0 bridgehead atoms. The van der Waals surface area contributed by atoms with E-state index in [1.807, 2.05) is 0 Å². The van der Waals surface area contributed by atoms with Gasteiger partial charge >= 0.3 is 5.97 Å². The van der Waals surface area contributed by atoms with Gasteiger partial charge in [-0.3, -0.25) is 9.59 Å². The van der Waals surface area contributed by atoms with Crippen LogP contribution in [0.4, 0.5) is 0 Å². The van der Waals surface area contributed by atoms with Crippen LogP contribution in [0.5, 0.6) is 0 Å². The van der Waals surface area contributed by atoms with Crippen molar-refractivity contribution in [2.75, 3.05) is 18.8 Å². The Morgan fingerprint density at radius 3 is 2.26 bits per heavy atom. The van der Waals surface area contributed by atoms with Crippen LogP contribution < -0.4 is 10.0 Å². The molecule has 0 heterocycles. The SMILES string of the molecule is CCNS(=O)(=O)CCNC(=O)C1C(C(=O)O)C1(C)C. The third-order valence-corrected chi connectivity index (χ3v) is 4.88. The van der Waals surface area contributed by atoms with E-state index in [1.165, 1.54) is 0 Å². The molecule has 7 nitrogen and oxygen atoms in total. The lowest BCUT2D eigenvalue weighted by molar-refractivity contribution is -0.140. The molecule has 110 valence electrons. The molecule has 0 aromatic carbocycles. The molecule has 19 heavy (non-hydrogen) atoms. The van der Waals surface area contributed by atoms with Crippen molar-refractivity contribution in [1.29, 1.82) is 0 Å². The molecule has 2 atom stereocenters. The molecular weight excluding hydrogens is 272 g/mol. The van der Waals surface area contributed by atoms with Gasteiger partial charge in [0.1, 0.15) is 0 Å². The zero-order valence-electron chi connectivity index (χ0n) is 11.3. The maximum absolute atomic E-state index is 11.8. The summed E-state index contributed by atoms with van der Waals surface area (Å²) in [6, 6.07) is 0. The van der Waals surface area contributed by atoms with Crippen LogP contribution >= 0.6 is 0 Å². The van der Waals surface area contributed by atoms with Crippen molar-refractivity contribution in [2.24, 2.45) is 17.3 Å². The Kier molecular flexibility index (Phi) is 4.57. The largest absolute Gasteiger partial charge is 0.481 e. The van der Waals surface area contributed by atoms with Crippen molar-refractivity contribution in [2.45, 2.75) is 20.8 Å². The van der Waals surface area contributed by atoms with E-state index in [0.29, 0.717) is 6.54 Å². The summed E-state index contributed by atoms with van der Waals surface area (Å²) in [5, 5.41) is 11.4. The average Bonchev–Trinajstić information content (AvgIpc) is 2.81. The molecular formula is C11H20N2O5S. The molecule has 3 N–H and O–H groups in total. The molecule has 0 radical (unpaired) electrons. The number of carboxylic acid groups (broad SMARTS) is 1. The van der Waals surface area contributed by atoms with Gasteiger partial charge in [-0.15, -0.1) is 0 Å². The van der Waals surface area contributed by atoms with Gasteiger partial charge in [0, 0.05) is 13.1 Å². The fourth-order valence-corrected chi connectivity index (χ4v) is 3.25. The molecule has 0 aromatic rings. The zero-order valence-corrected chi connectivity index (χ0v) is 12.1. The van der Waals surface area contributed by atoms with E-state index >= 15 is 0 Å². The Labute approximate surface area is 112 Å². The van der Waals surface area contributed by atoms with E-state index in [-0.39, 0.29) is 12.3 Å². The fraction of sp³-hybridized carbons (Fsp3) is 0.818. The minimum absolute atomic E-state index is 0.0207. The van der Waals surface area contributed by atoms with E-state index in [4.69, 9.17) is 5.11 Å². The Balaban J connectivity index is 2.44. The lowest BCUT2D eigenvalue weighted by Gasteiger charge is -2.07. The number of rotatable bonds is 7. The van der Waals surface area contributed by atoms with Gasteiger partial charge in [-0.1, -0.05) is 20.8 Å². The molecule has 0 spiro atoms. The van der Waals surface area contributed by atoms with Crippen LogP contribution in [0.1, 0.15) is 20.8 Å². The fourth-order valence-electron chi connectivity index (χ4n) is 2.30. The smallest absolute Gasteiger partial charge is 0.307 e. The predicted molar refractivity (Wildman–Crippen MR) is 68.9 cm³/mol. The molecule has 0 saturated heterocycles. The lowest BCUT2D eigenvalue weighted by Crippen LogP contribution is -2.35. The predicted octanol–water partition coefficient (Wildman–Crippen LogP) is -0.601. The number of carbonyl (C=O) groups is 2. The van der Waals surface area contributed by atoms with Crippen molar-refractivity contribution in [3.63, 3.8) is 0 Å². The summed E-state index contributed by atoms with van der Waals surface area (Å²) in [7, 11) is -3.37. The normalized spacial score (nSPS) is 24.8.